The van der Waals surface area contributed by atoms with Gasteiger partial charge in [-0.1, -0.05) is 96.3 Å². The summed E-state index contributed by atoms with van der Waals surface area (Å²) < 4.78 is 5.18. The highest BCUT2D eigenvalue weighted by molar-refractivity contribution is 5.98. The van der Waals surface area contributed by atoms with Crippen molar-refractivity contribution < 1.29 is 14.3 Å². The number of nitrogens with zero attached hydrogens (tertiary/aromatic N) is 1. The van der Waals surface area contributed by atoms with Crippen LogP contribution in [0.5, 0.6) is 0 Å². The van der Waals surface area contributed by atoms with Crippen molar-refractivity contribution in [2.45, 2.75) is 42.0 Å². The lowest BCUT2D eigenvalue weighted by molar-refractivity contribution is 0.0499. The molecule has 4 rings (SSSR count). The van der Waals surface area contributed by atoms with E-state index >= 15 is 0 Å². The maximum absolute atomic E-state index is 11.7. The van der Waals surface area contributed by atoms with Crippen molar-refractivity contribution in [2.75, 3.05) is 20.7 Å². The average Bonchev–Trinajstić information content (AvgIpc) is 2.83. The maximum Gasteiger partial charge on any atom is 0.338 e. The number of hydrogen-bond donors (Lipinski definition) is 0. The Morgan fingerprint density at radius 1 is 0.686 bits per heavy atom. The summed E-state index contributed by atoms with van der Waals surface area (Å²) in [7, 11) is 3.52. The molecular formula is C31H41NO3. The topological polar surface area (TPSA) is 46.6 Å². The van der Waals surface area contributed by atoms with Gasteiger partial charge in [-0.25, -0.2) is 4.79 Å². The molecule has 1 amide bonds. The molecule has 4 heteroatoms. The fourth-order valence-corrected chi connectivity index (χ4v) is 3.29. The van der Waals surface area contributed by atoms with Crippen LogP contribution in [0.1, 0.15) is 62.8 Å². The van der Waals surface area contributed by atoms with Gasteiger partial charge >= 0.3 is 5.97 Å². The van der Waals surface area contributed by atoms with E-state index < -0.39 is 0 Å². The van der Waals surface area contributed by atoms with Crippen LogP contribution in [0.3, 0.4) is 0 Å². The normalized spacial score (nSPS) is 9.46. The molecule has 0 N–H and O–H groups in total. The molecule has 0 aliphatic carbocycles. The first-order valence-corrected chi connectivity index (χ1v) is 10.9. The predicted octanol–water partition coefficient (Wildman–Crippen LogP) is 8.25. The Hall–Kier alpha value is -3.66. The molecule has 0 aromatic heterocycles. The molecule has 0 radical (unpaired) electrons. The molecule has 0 heterocycles. The zero-order valence-electron chi connectivity index (χ0n) is 18.9. The molecular weight excluding hydrogens is 434 g/mol. The molecule has 4 aromatic carbocycles. The molecule has 0 aliphatic rings. The summed E-state index contributed by atoms with van der Waals surface area (Å²) >= 11 is 0. The van der Waals surface area contributed by atoms with Crippen molar-refractivity contribution in [3.63, 3.8) is 0 Å². The largest absolute Gasteiger partial charge is 0.462 e. The number of fused-ring (bicyclic) bond motifs is 2. The van der Waals surface area contributed by atoms with Crippen LogP contribution in [0.25, 0.3) is 21.5 Å². The maximum atomic E-state index is 11.7. The average molecular weight is 476 g/mol. The fraction of sp³-hybridized carbons (Fsp3) is 0.290. The van der Waals surface area contributed by atoms with Crippen LogP contribution < -0.4 is 0 Å². The van der Waals surface area contributed by atoms with Gasteiger partial charge in [-0.15, -0.1) is 0 Å². The van der Waals surface area contributed by atoms with Crippen LogP contribution >= 0.6 is 0 Å². The molecule has 0 aliphatic heterocycles. The summed E-state index contributed by atoms with van der Waals surface area (Å²) in [6, 6.07) is 27.4. The standard InChI is InChI=1S/C15H16O2.C13H13NO.3CH4/c1-2-3-10-17-15(16)14-9-8-12-6-4-5-7-13(12)11-14;1-14(2)13(15)12-8-7-10-5-3-4-6-11(10)9-12;;;/h4-9,11H,2-3,10H2,1H3;3-9H,1-2H3;3*1H4. The predicted molar refractivity (Wildman–Crippen MR) is 151 cm³/mol. The molecule has 4 nitrogen and oxygen atoms in total. The van der Waals surface area contributed by atoms with Crippen LogP contribution in [-0.2, 0) is 4.74 Å². The Morgan fingerprint density at radius 2 is 1.14 bits per heavy atom. The van der Waals surface area contributed by atoms with Crippen LogP contribution in [-0.4, -0.2) is 37.5 Å². The summed E-state index contributed by atoms with van der Waals surface area (Å²) in [5, 5.41) is 4.47. The van der Waals surface area contributed by atoms with Crippen molar-refractivity contribution in [1.29, 1.82) is 0 Å². The first-order chi connectivity index (χ1) is 15.5. The SMILES string of the molecule is C.C.C.CCCCOC(=O)c1ccc2ccccc2c1.CN(C)C(=O)c1ccc2ccccc2c1. The van der Waals surface area contributed by atoms with E-state index in [9.17, 15) is 9.59 Å². The fourth-order valence-electron chi connectivity index (χ4n) is 3.29. The molecule has 0 fully saturated rings. The van der Waals surface area contributed by atoms with Crippen molar-refractivity contribution in [2.24, 2.45) is 0 Å². The Bertz CT molecular complexity index is 1210. The second-order valence-corrected chi connectivity index (χ2v) is 7.81. The lowest BCUT2D eigenvalue weighted by Gasteiger charge is -2.10. The Balaban J connectivity index is 0.000000612. The molecule has 0 spiro atoms. The van der Waals surface area contributed by atoms with Gasteiger partial charge in [0.05, 0.1) is 12.2 Å². The Labute approximate surface area is 211 Å². The second kappa shape index (κ2) is 15.3. The molecule has 0 bridgehead atoms. The third-order valence-corrected chi connectivity index (χ3v) is 5.12. The van der Waals surface area contributed by atoms with Gasteiger partial charge < -0.3 is 9.64 Å². The number of benzene rings is 4. The van der Waals surface area contributed by atoms with Gasteiger partial charge in [0, 0.05) is 19.7 Å². The number of ether oxygens (including phenoxy) is 1. The third-order valence-electron chi connectivity index (χ3n) is 5.12. The van der Waals surface area contributed by atoms with Gasteiger partial charge in [0.1, 0.15) is 0 Å². The van der Waals surface area contributed by atoms with Gasteiger partial charge in [0.25, 0.3) is 5.91 Å². The molecule has 0 unspecified atom stereocenters. The highest BCUT2D eigenvalue weighted by Crippen LogP contribution is 2.17. The summed E-state index contributed by atoms with van der Waals surface area (Å²) in [6.45, 7) is 2.58. The van der Waals surface area contributed by atoms with E-state index in [1.54, 1.807) is 19.0 Å². The van der Waals surface area contributed by atoms with E-state index in [1.807, 2.05) is 84.9 Å². The van der Waals surface area contributed by atoms with Gasteiger partial charge in [0.2, 0.25) is 0 Å². The van der Waals surface area contributed by atoms with Gasteiger partial charge in [-0.05, 0) is 52.2 Å². The van der Waals surface area contributed by atoms with Gasteiger partial charge in [0.15, 0.2) is 0 Å². The smallest absolute Gasteiger partial charge is 0.338 e. The highest BCUT2D eigenvalue weighted by Gasteiger charge is 2.08. The number of amides is 1. The Morgan fingerprint density at radius 3 is 1.63 bits per heavy atom. The third kappa shape index (κ3) is 8.56. The molecule has 0 saturated carbocycles. The zero-order chi connectivity index (χ0) is 22.9. The van der Waals surface area contributed by atoms with Gasteiger partial charge in [-0.3, -0.25) is 4.79 Å². The monoisotopic (exact) mass is 475 g/mol. The minimum absolute atomic E-state index is 0. The number of hydrogen-bond acceptors (Lipinski definition) is 3. The van der Waals surface area contributed by atoms with Crippen molar-refractivity contribution in [1.82, 2.24) is 4.90 Å². The summed E-state index contributed by atoms with van der Waals surface area (Å²) in [5.41, 5.74) is 1.36. The lowest BCUT2D eigenvalue weighted by Crippen LogP contribution is -2.21. The number of unbranched alkanes of at least 4 members (excludes halogenated alkanes) is 1. The minimum Gasteiger partial charge on any atom is -0.462 e. The number of carbonyl (C=O) groups excluding carboxylic acids is 2. The lowest BCUT2D eigenvalue weighted by atomic mass is 10.1. The van der Waals surface area contributed by atoms with Crippen LogP contribution in [0.15, 0.2) is 84.9 Å². The van der Waals surface area contributed by atoms with Crippen molar-refractivity contribution in [3.8, 4) is 0 Å². The van der Waals surface area contributed by atoms with E-state index in [0.29, 0.717) is 12.2 Å². The quantitative estimate of drug-likeness (QED) is 0.216. The minimum atomic E-state index is -0.232. The van der Waals surface area contributed by atoms with Gasteiger partial charge in [-0.2, -0.15) is 0 Å². The number of esters is 1. The number of rotatable bonds is 5. The number of carbonyl (C=O) groups is 2. The van der Waals surface area contributed by atoms with Crippen LogP contribution in [0.4, 0.5) is 0 Å². The van der Waals surface area contributed by atoms with Crippen molar-refractivity contribution >= 4 is 33.4 Å². The highest BCUT2D eigenvalue weighted by atomic mass is 16.5. The van der Waals surface area contributed by atoms with E-state index in [-0.39, 0.29) is 34.2 Å². The van der Waals surface area contributed by atoms with E-state index in [1.165, 1.54) is 0 Å². The van der Waals surface area contributed by atoms with Crippen molar-refractivity contribution in [3.05, 3.63) is 96.1 Å². The second-order valence-electron chi connectivity index (χ2n) is 7.81. The Kier molecular flexibility index (Phi) is 13.7. The van der Waals surface area contributed by atoms with Crippen LogP contribution in [0, 0.1) is 0 Å². The van der Waals surface area contributed by atoms with E-state index in [0.717, 1.165) is 39.9 Å². The zero-order valence-corrected chi connectivity index (χ0v) is 18.9. The summed E-state index contributed by atoms with van der Waals surface area (Å²) in [5.74, 6) is -0.190. The molecule has 35 heavy (non-hydrogen) atoms. The van der Waals surface area contributed by atoms with Crippen LogP contribution in [0.2, 0.25) is 0 Å². The first-order valence-electron chi connectivity index (χ1n) is 10.9. The molecule has 0 saturated heterocycles. The molecule has 188 valence electrons. The molecule has 4 aromatic rings. The summed E-state index contributed by atoms with van der Waals surface area (Å²) in [6.07, 6.45) is 1.95. The van der Waals surface area contributed by atoms with E-state index in [2.05, 4.69) is 6.92 Å². The van der Waals surface area contributed by atoms with E-state index in [4.69, 9.17) is 4.74 Å². The molecule has 0 atom stereocenters. The summed E-state index contributed by atoms with van der Waals surface area (Å²) in [4.78, 5) is 25.0. The first kappa shape index (κ1) is 31.3.